The highest BCUT2D eigenvalue weighted by Gasteiger charge is 2.23. The molecule has 0 aromatic carbocycles. The monoisotopic (exact) mass is 404 g/mol. The quantitative estimate of drug-likeness (QED) is 0.645. The highest BCUT2D eigenvalue weighted by Crippen LogP contribution is 2.20. The minimum Gasteiger partial charge on any atom is -0.346 e. The molecule has 3 rings (SSSR count). The van der Waals surface area contributed by atoms with Crippen molar-refractivity contribution < 1.29 is 9.59 Å². The molecule has 3 aromatic rings. The molecular weight excluding hydrogens is 384 g/mol. The van der Waals surface area contributed by atoms with E-state index < -0.39 is 6.04 Å². The number of hydrogen-bond donors (Lipinski definition) is 2. The van der Waals surface area contributed by atoms with Crippen LogP contribution in [0.25, 0.3) is 0 Å². The van der Waals surface area contributed by atoms with Gasteiger partial charge < -0.3 is 10.6 Å². The van der Waals surface area contributed by atoms with E-state index in [0.29, 0.717) is 22.9 Å². The first-order valence-electron chi connectivity index (χ1n) is 8.56. The maximum atomic E-state index is 12.6. The Balaban J connectivity index is 1.72. The van der Waals surface area contributed by atoms with Crippen LogP contribution in [0.5, 0.6) is 0 Å². The third kappa shape index (κ3) is 3.91. The summed E-state index contributed by atoms with van der Waals surface area (Å²) in [6.45, 7) is 3.79. The zero-order valence-electron chi connectivity index (χ0n) is 16.0. The molecule has 0 aliphatic carbocycles. The van der Waals surface area contributed by atoms with Gasteiger partial charge in [-0.15, -0.1) is 0 Å². The summed E-state index contributed by atoms with van der Waals surface area (Å²) in [7, 11) is 3.44. The molecule has 1 atom stereocenters. The van der Waals surface area contributed by atoms with Crippen molar-refractivity contribution in [2.24, 2.45) is 14.1 Å². The van der Waals surface area contributed by atoms with E-state index >= 15 is 0 Å². The van der Waals surface area contributed by atoms with Gasteiger partial charge >= 0.3 is 0 Å². The third-order valence-electron chi connectivity index (χ3n) is 4.35. The van der Waals surface area contributed by atoms with E-state index in [0.717, 1.165) is 5.56 Å². The standard InChI is InChI=1S/C17H21ClN8O2/c1-10-13(18)7-22-26(10)11(2)16(27)23-14-8-21-25(4)15(14)17(28)19-5-12-6-20-24(3)9-12/h6-9,11H,5H2,1-4H3,(H,19,28)(H,23,27)/t11-/m1/s1. The Morgan fingerprint density at radius 3 is 2.54 bits per heavy atom. The second-order valence-electron chi connectivity index (χ2n) is 6.42. The van der Waals surface area contributed by atoms with Crippen molar-refractivity contribution in [3.8, 4) is 0 Å². The minimum absolute atomic E-state index is 0.250. The van der Waals surface area contributed by atoms with Crippen LogP contribution < -0.4 is 10.6 Å². The first-order valence-corrected chi connectivity index (χ1v) is 8.94. The maximum absolute atomic E-state index is 12.6. The number of carbonyl (C=O) groups excluding carboxylic acids is 2. The fourth-order valence-electron chi connectivity index (χ4n) is 2.77. The predicted octanol–water partition coefficient (Wildman–Crippen LogP) is 1.44. The van der Waals surface area contributed by atoms with Gasteiger partial charge in [-0.05, 0) is 13.8 Å². The smallest absolute Gasteiger partial charge is 0.271 e. The first kappa shape index (κ1) is 19.6. The molecule has 0 spiro atoms. The summed E-state index contributed by atoms with van der Waals surface area (Å²) >= 11 is 6.01. The lowest BCUT2D eigenvalue weighted by Gasteiger charge is -2.15. The number of nitrogens with one attached hydrogen (secondary N) is 2. The molecule has 0 radical (unpaired) electrons. The molecule has 3 heterocycles. The van der Waals surface area contributed by atoms with Gasteiger partial charge in [-0.1, -0.05) is 11.6 Å². The summed E-state index contributed by atoms with van der Waals surface area (Å²) in [5, 5.41) is 18.3. The maximum Gasteiger partial charge on any atom is 0.271 e. The van der Waals surface area contributed by atoms with Crippen LogP contribution in [-0.2, 0) is 25.4 Å². The molecule has 148 valence electrons. The fraction of sp³-hybridized carbons (Fsp3) is 0.353. The summed E-state index contributed by atoms with van der Waals surface area (Å²) in [5.41, 5.74) is 2.12. The van der Waals surface area contributed by atoms with Gasteiger partial charge in [0.05, 0.1) is 35.0 Å². The Labute approximate surface area is 166 Å². The lowest BCUT2D eigenvalue weighted by Crippen LogP contribution is -2.29. The molecule has 0 saturated carbocycles. The number of rotatable bonds is 6. The molecule has 3 aromatic heterocycles. The van der Waals surface area contributed by atoms with Crippen LogP contribution in [0.3, 0.4) is 0 Å². The first-order chi connectivity index (χ1) is 13.3. The zero-order chi connectivity index (χ0) is 20.4. The SMILES string of the molecule is Cc1c(Cl)cnn1[C@H](C)C(=O)Nc1cnn(C)c1C(=O)NCc1cnn(C)c1. The molecular formula is C17H21ClN8O2. The topological polar surface area (TPSA) is 112 Å². The number of carbonyl (C=O) groups is 2. The largest absolute Gasteiger partial charge is 0.346 e. The average Bonchev–Trinajstić information content (AvgIpc) is 3.33. The van der Waals surface area contributed by atoms with Gasteiger partial charge in [0.25, 0.3) is 5.91 Å². The van der Waals surface area contributed by atoms with E-state index in [2.05, 4.69) is 25.9 Å². The van der Waals surface area contributed by atoms with Gasteiger partial charge in [-0.2, -0.15) is 15.3 Å². The van der Waals surface area contributed by atoms with E-state index in [1.165, 1.54) is 21.8 Å². The van der Waals surface area contributed by atoms with Crippen molar-refractivity contribution in [2.75, 3.05) is 5.32 Å². The summed E-state index contributed by atoms with van der Waals surface area (Å²) in [5.74, 6) is -0.692. The van der Waals surface area contributed by atoms with Crippen LogP contribution >= 0.6 is 11.6 Å². The Bertz CT molecular complexity index is 1020. The van der Waals surface area contributed by atoms with E-state index in [4.69, 9.17) is 11.6 Å². The van der Waals surface area contributed by atoms with Crippen LogP contribution in [-0.4, -0.2) is 41.2 Å². The molecule has 0 bridgehead atoms. The van der Waals surface area contributed by atoms with Crippen molar-refractivity contribution in [2.45, 2.75) is 26.4 Å². The number of aromatic nitrogens is 6. The molecule has 0 saturated heterocycles. The van der Waals surface area contributed by atoms with Crippen molar-refractivity contribution in [1.29, 1.82) is 0 Å². The molecule has 10 nitrogen and oxygen atoms in total. The Morgan fingerprint density at radius 2 is 1.93 bits per heavy atom. The van der Waals surface area contributed by atoms with Crippen molar-refractivity contribution in [1.82, 2.24) is 34.7 Å². The summed E-state index contributed by atoms with van der Waals surface area (Å²) in [6, 6.07) is -0.612. The molecule has 0 unspecified atom stereocenters. The van der Waals surface area contributed by atoms with E-state index in [1.807, 2.05) is 6.20 Å². The second kappa shape index (κ2) is 7.85. The number of nitrogens with zero attached hydrogens (tertiary/aromatic N) is 6. The van der Waals surface area contributed by atoms with Crippen molar-refractivity contribution >= 4 is 29.1 Å². The summed E-state index contributed by atoms with van der Waals surface area (Å²) < 4.78 is 4.59. The summed E-state index contributed by atoms with van der Waals surface area (Å²) in [4.78, 5) is 25.3. The van der Waals surface area contributed by atoms with E-state index in [1.54, 1.807) is 38.8 Å². The molecule has 0 fully saturated rings. The Morgan fingerprint density at radius 1 is 1.18 bits per heavy atom. The van der Waals surface area contributed by atoms with E-state index in [-0.39, 0.29) is 17.5 Å². The normalized spacial score (nSPS) is 12.0. The van der Waals surface area contributed by atoms with Crippen molar-refractivity contribution in [3.63, 3.8) is 0 Å². The van der Waals surface area contributed by atoms with Crippen LogP contribution in [0.15, 0.2) is 24.8 Å². The lowest BCUT2D eigenvalue weighted by atomic mass is 10.2. The number of amides is 2. The van der Waals surface area contributed by atoms with Gasteiger partial charge in [0, 0.05) is 32.4 Å². The molecule has 28 heavy (non-hydrogen) atoms. The molecule has 2 amide bonds. The van der Waals surface area contributed by atoms with Crippen LogP contribution in [0.2, 0.25) is 5.02 Å². The highest BCUT2D eigenvalue weighted by molar-refractivity contribution is 6.31. The molecule has 2 N–H and O–H groups in total. The average molecular weight is 405 g/mol. The van der Waals surface area contributed by atoms with Gasteiger partial charge in [0.1, 0.15) is 11.7 Å². The van der Waals surface area contributed by atoms with Gasteiger partial charge in [-0.3, -0.25) is 23.6 Å². The van der Waals surface area contributed by atoms with Crippen LogP contribution in [0, 0.1) is 6.92 Å². The lowest BCUT2D eigenvalue weighted by molar-refractivity contribution is -0.119. The second-order valence-corrected chi connectivity index (χ2v) is 6.83. The third-order valence-corrected chi connectivity index (χ3v) is 4.73. The Kier molecular flexibility index (Phi) is 5.50. The van der Waals surface area contributed by atoms with Crippen LogP contribution in [0.1, 0.15) is 34.7 Å². The predicted molar refractivity (Wildman–Crippen MR) is 103 cm³/mol. The van der Waals surface area contributed by atoms with Crippen LogP contribution in [0.4, 0.5) is 5.69 Å². The molecule has 0 aliphatic rings. The minimum atomic E-state index is -0.612. The highest BCUT2D eigenvalue weighted by atomic mass is 35.5. The Hall–Kier alpha value is -3.14. The number of aryl methyl sites for hydroxylation is 2. The number of halogens is 1. The van der Waals surface area contributed by atoms with Gasteiger partial charge in [0.2, 0.25) is 5.91 Å². The fourth-order valence-corrected chi connectivity index (χ4v) is 2.90. The number of hydrogen-bond acceptors (Lipinski definition) is 5. The van der Waals surface area contributed by atoms with Gasteiger partial charge in [0.15, 0.2) is 0 Å². The van der Waals surface area contributed by atoms with E-state index in [9.17, 15) is 9.59 Å². The van der Waals surface area contributed by atoms with Gasteiger partial charge in [-0.25, -0.2) is 0 Å². The van der Waals surface area contributed by atoms with Crippen molar-refractivity contribution in [3.05, 3.63) is 46.8 Å². The zero-order valence-corrected chi connectivity index (χ0v) is 16.7. The molecule has 11 heteroatoms. The summed E-state index contributed by atoms with van der Waals surface area (Å²) in [6.07, 6.45) is 6.41. The number of anilines is 1. The molecule has 0 aliphatic heterocycles.